The molecule has 0 radical (unpaired) electrons. The summed E-state index contributed by atoms with van der Waals surface area (Å²) in [6.45, 7) is 7.56. The Labute approximate surface area is 135 Å². The van der Waals surface area contributed by atoms with E-state index in [-0.39, 0.29) is 11.4 Å². The highest BCUT2D eigenvalue weighted by molar-refractivity contribution is 6.28. The fourth-order valence-electron chi connectivity index (χ4n) is 2.21. The van der Waals surface area contributed by atoms with Gasteiger partial charge < -0.3 is 14.4 Å². The lowest BCUT2D eigenvalue weighted by atomic mass is 9.98. The SMILES string of the molecule is CC(C)(C)OC(=O)N1CCC(COc2ccnc(Cl)n2)CC1. The zero-order chi connectivity index (χ0) is 16.2. The van der Waals surface area contributed by atoms with Gasteiger partial charge in [-0.05, 0) is 51.1 Å². The summed E-state index contributed by atoms with van der Waals surface area (Å²) < 4.78 is 11.0. The lowest BCUT2D eigenvalue weighted by Gasteiger charge is -2.33. The average molecular weight is 328 g/mol. The molecule has 122 valence electrons. The highest BCUT2D eigenvalue weighted by Gasteiger charge is 2.27. The highest BCUT2D eigenvalue weighted by Crippen LogP contribution is 2.21. The van der Waals surface area contributed by atoms with Crippen molar-refractivity contribution < 1.29 is 14.3 Å². The fourth-order valence-corrected chi connectivity index (χ4v) is 2.35. The lowest BCUT2D eigenvalue weighted by Crippen LogP contribution is -2.42. The molecule has 0 N–H and O–H groups in total. The van der Waals surface area contributed by atoms with E-state index in [1.54, 1.807) is 17.2 Å². The molecule has 0 unspecified atom stereocenters. The summed E-state index contributed by atoms with van der Waals surface area (Å²) in [5.41, 5.74) is -0.455. The number of hydrogen-bond donors (Lipinski definition) is 0. The van der Waals surface area contributed by atoms with E-state index >= 15 is 0 Å². The van der Waals surface area contributed by atoms with Crippen molar-refractivity contribution in [2.24, 2.45) is 5.92 Å². The Kier molecular flexibility index (Phi) is 5.45. The van der Waals surface area contributed by atoms with Gasteiger partial charge in [0.05, 0.1) is 6.61 Å². The molecule has 1 fully saturated rings. The van der Waals surface area contributed by atoms with Gasteiger partial charge in [0.1, 0.15) is 5.60 Å². The van der Waals surface area contributed by atoms with E-state index in [9.17, 15) is 4.79 Å². The molecule has 1 amide bonds. The average Bonchev–Trinajstić information content (AvgIpc) is 2.44. The van der Waals surface area contributed by atoms with Crippen molar-refractivity contribution in [3.63, 3.8) is 0 Å². The minimum atomic E-state index is -0.455. The van der Waals surface area contributed by atoms with Crippen LogP contribution in [0.2, 0.25) is 5.28 Å². The fraction of sp³-hybridized carbons (Fsp3) is 0.667. The number of ether oxygens (including phenoxy) is 2. The van der Waals surface area contributed by atoms with E-state index in [1.807, 2.05) is 20.8 Å². The van der Waals surface area contributed by atoms with Gasteiger partial charge in [0, 0.05) is 25.4 Å². The van der Waals surface area contributed by atoms with Crippen LogP contribution < -0.4 is 4.74 Å². The van der Waals surface area contributed by atoms with Crippen LogP contribution in [0, 0.1) is 5.92 Å². The second kappa shape index (κ2) is 7.13. The van der Waals surface area contributed by atoms with Crippen molar-refractivity contribution in [1.29, 1.82) is 0 Å². The first-order chi connectivity index (χ1) is 10.3. The molecule has 0 aliphatic carbocycles. The minimum Gasteiger partial charge on any atom is -0.477 e. The van der Waals surface area contributed by atoms with E-state index in [0.29, 0.717) is 31.5 Å². The maximum atomic E-state index is 12.0. The Morgan fingerprint density at radius 2 is 2.09 bits per heavy atom. The van der Waals surface area contributed by atoms with Crippen LogP contribution in [0.25, 0.3) is 0 Å². The first-order valence-corrected chi connectivity index (χ1v) is 7.80. The molecular formula is C15H22ClN3O3. The van der Waals surface area contributed by atoms with Crippen molar-refractivity contribution >= 4 is 17.7 Å². The first kappa shape index (κ1) is 16.8. The quantitative estimate of drug-likeness (QED) is 0.798. The Hall–Kier alpha value is -1.56. The molecule has 0 spiro atoms. The molecule has 0 bridgehead atoms. The highest BCUT2D eigenvalue weighted by atomic mass is 35.5. The standard InChI is InChI=1S/C15H22ClN3O3/c1-15(2,3)22-14(20)19-8-5-11(6-9-19)10-21-12-4-7-17-13(16)18-12/h4,7,11H,5-6,8-10H2,1-3H3. The number of nitrogens with zero attached hydrogens (tertiary/aromatic N) is 3. The number of piperidine rings is 1. The van der Waals surface area contributed by atoms with Gasteiger partial charge in [-0.25, -0.2) is 9.78 Å². The van der Waals surface area contributed by atoms with E-state index < -0.39 is 5.60 Å². The number of rotatable bonds is 3. The van der Waals surface area contributed by atoms with Crippen molar-refractivity contribution in [2.45, 2.75) is 39.2 Å². The maximum Gasteiger partial charge on any atom is 0.410 e. The van der Waals surface area contributed by atoms with Crippen molar-refractivity contribution in [3.05, 3.63) is 17.5 Å². The number of amides is 1. The zero-order valence-corrected chi connectivity index (χ0v) is 14.0. The predicted molar refractivity (Wildman–Crippen MR) is 83.1 cm³/mol. The van der Waals surface area contributed by atoms with Crippen molar-refractivity contribution in [1.82, 2.24) is 14.9 Å². The number of carbonyl (C=O) groups excluding carboxylic acids is 1. The smallest absolute Gasteiger partial charge is 0.410 e. The summed E-state index contributed by atoms with van der Waals surface area (Å²) in [5, 5.41) is 0.178. The molecule has 1 aromatic heterocycles. The van der Waals surface area contributed by atoms with Crippen LogP contribution in [0.5, 0.6) is 5.88 Å². The Morgan fingerprint density at radius 3 is 2.68 bits per heavy atom. The Balaban J connectivity index is 1.74. The van der Waals surface area contributed by atoms with Crippen molar-refractivity contribution in [3.8, 4) is 5.88 Å². The molecule has 7 heteroatoms. The molecule has 1 saturated heterocycles. The van der Waals surface area contributed by atoms with Gasteiger partial charge in [-0.3, -0.25) is 0 Å². The number of hydrogen-bond acceptors (Lipinski definition) is 5. The monoisotopic (exact) mass is 327 g/mol. The molecule has 2 heterocycles. The van der Waals surface area contributed by atoms with Gasteiger partial charge in [-0.15, -0.1) is 0 Å². The molecule has 2 rings (SSSR count). The van der Waals surface area contributed by atoms with Crippen LogP contribution >= 0.6 is 11.6 Å². The Bertz CT molecular complexity index is 511. The molecule has 0 aromatic carbocycles. The Morgan fingerprint density at radius 1 is 1.41 bits per heavy atom. The summed E-state index contributed by atoms with van der Waals surface area (Å²) in [6.07, 6.45) is 3.10. The molecular weight excluding hydrogens is 306 g/mol. The molecule has 0 saturated carbocycles. The molecule has 22 heavy (non-hydrogen) atoms. The van der Waals surface area contributed by atoms with E-state index in [2.05, 4.69) is 9.97 Å². The number of aromatic nitrogens is 2. The van der Waals surface area contributed by atoms with Crippen LogP contribution in [-0.4, -0.2) is 46.3 Å². The molecule has 0 atom stereocenters. The molecule has 1 aliphatic heterocycles. The summed E-state index contributed by atoms with van der Waals surface area (Å²) in [7, 11) is 0. The second-order valence-electron chi connectivity index (χ2n) is 6.39. The van der Waals surface area contributed by atoms with Crippen molar-refractivity contribution in [2.75, 3.05) is 19.7 Å². The second-order valence-corrected chi connectivity index (χ2v) is 6.72. The van der Waals surface area contributed by atoms with Gasteiger partial charge in [-0.2, -0.15) is 4.98 Å². The van der Waals surface area contributed by atoms with Crippen LogP contribution in [0.4, 0.5) is 4.79 Å². The first-order valence-electron chi connectivity index (χ1n) is 7.43. The van der Waals surface area contributed by atoms with E-state index in [0.717, 1.165) is 12.8 Å². The normalized spacial score (nSPS) is 16.5. The van der Waals surface area contributed by atoms with Crippen LogP contribution in [-0.2, 0) is 4.74 Å². The van der Waals surface area contributed by atoms with Gasteiger partial charge in [0.2, 0.25) is 11.2 Å². The van der Waals surface area contributed by atoms with Crippen LogP contribution in [0.3, 0.4) is 0 Å². The maximum absolute atomic E-state index is 12.0. The van der Waals surface area contributed by atoms with Gasteiger partial charge in [-0.1, -0.05) is 0 Å². The minimum absolute atomic E-state index is 0.178. The predicted octanol–water partition coefficient (Wildman–Crippen LogP) is 3.16. The number of likely N-dealkylation sites (tertiary alicyclic amines) is 1. The summed E-state index contributed by atoms with van der Waals surface area (Å²) >= 11 is 5.71. The third-order valence-corrected chi connectivity index (χ3v) is 3.52. The number of halogens is 1. The van der Waals surface area contributed by atoms with Gasteiger partial charge >= 0.3 is 6.09 Å². The van der Waals surface area contributed by atoms with Crippen LogP contribution in [0.15, 0.2) is 12.3 Å². The summed E-state index contributed by atoms with van der Waals surface area (Å²) in [5.74, 6) is 0.877. The topological polar surface area (TPSA) is 64.5 Å². The summed E-state index contributed by atoms with van der Waals surface area (Å²) in [6, 6.07) is 1.68. The molecule has 1 aromatic rings. The third-order valence-electron chi connectivity index (χ3n) is 3.33. The van der Waals surface area contributed by atoms with Crippen LogP contribution in [0.1, 0.15) is 33.6 Å². The van der Waals surface area contributed by atoms with E-state index in [1.165, 1.54) is 0 Å². The largest absolute Gasteiger partial charge is 0.477 e. The zero-order valence-electron chi connectivity index (χ0n) is 13.2. The summed E-state index contributed by atoms with van der Waals surface area (Å²) in [4.78, 5) is 21.5. The molecule has 6 nitrogen and oxygen atoms in total. The third kappa shape index (κ3) is 5.33. The number of carbonyl (C=O) groups is 1. The lowest BCUT2D eigenvalue weighted by molar-refractivity contribution is 0.0164. The van der Waals surface area contributed by atoms with Gasteiger partial charge in [0.15, 0.2) is 0 Å². The van der Waals surface area contributed by atoms with Gasteiger partial charge in [0.25, 0.3) is 0 Å². The van der Waals surface area contributed by atoms with E-state index in [4.69, 9.17) is 21.1 Å². The molecule has 1 aliphatic rings.